The molecular weight excluding hydrogens is 735 g/mol. The molecule has 0 saturated carbocycles. The van der Waals surface area contributed by atoms with Crippen LogP contribution < -0.4 is 0 Å². The summed E-state index contributed by atoms with van der Waals surface area (Å²) in [5.41, 5.74) is 19.8. The average Bonchev–Trinajstić information content (AvgIpc) is 3.64. The van der Waals surface area contributed by atoms with E-state index < -0.39 is 0 Å². The molecule has 0 spiro atoms. The monoisotopic (exact) mass is 779 g/mol. The van der Waals surface area contributed by atoms with Gasteiger partial charge in [0.2, 0.25) is 0 Å². The van der Waals surface area contributed by atoms with E-state index in [1.807, 2.05) is 0 Å². The van der Waals surface area contributed by atoms with Crippen molar-refractivity contribution in [2.45, 2.75) is 27.3 Å². The third-order valence-electron chi connectivity index (χ3n) is 12.8. The Hall–Kier alpha value is -7.48. The Labute approximate surface area is 357 Å². The van der Waals surface area contributed by atoms with Gasteiger partial charge in [-0.3, -0.25) is 0 Å². The predicted octanol–water partition coefficient (Wildman–Crippen LogP) is 16.7. The zero-order valence-electron chi connectivity index (χ0n) is 34.8. The maximum atomic E-state index is 2.42. The van der Waals surface area contributed by atoms with Crippen LogP contribution in [0.4, 0.5) is 0 Å². The van der Waals surface area contributed by atoms with Crippen LogP contribution in [0.3, 0.4) is 0 Å². The van der Waals surface area contributed by atoms with Gasteiger partial charge in [-0.05, 0) is 139 Å². The molecule has 290 valence electrons. The molecule has 0 unspecified atom stereocenters. The van der Waals surface area contributed by atoms with E-state index in [-0.39, 0.29) is 0 Å². The largest absolute Gasteiger partial charge is 0.341 e. The first-order chi connectivity index (χ1) is 30.0. The van der Waals surface area contributed by atoms with Crippen molar-refractivity contribution in [1.29, 1.82) is 0 Å². The molecule has 0 radical (unpaired) electrons. The molecular formula is C60H45N. The quantitative estimate of drug-likeness (QED) is 0.142. The molecule has 11 rings (SSSR count). The second-order valence-electron chi connectivity index (χ2n) is 16.5. The standard InChI is InChI=1S/C60H45N/c1-4-61-57-13-9-8-12-51(57)54-36-50(32-35-58(54)61)45-24-22-41(23-25-45)42-26-28-47(29-27-42)60-53-34-31-48(43-18-14-39(2)15-19-43)37-55(53)59(46-10-6-5-7-11-46)52-33-30-49(38-56(52)60)44-20-16-40(3)17-21-44/h5-38H,4H2,1-3H3. The highest BCUT2D eigenvalue weighted by molar-refractivity contribution is 6.22. The maximum Gasteiger partial charge on any atom is 0.0491 e. The van der Waals surface area contributed by atoms with Crippen LogP contribution in [0.5, 0.6) is 0 Å². The summed E-state index contributed by atoms with van der Waals surface area (Å²) in [5.74, 6) is 0. The highest BCUT2D eigenvalue weighted by atomic mass is 15.0. The number of hydrogen-bond acceptors (Lipinski definition) is 0. The highest BCUT2D eigenvalue weighted by Crippen LogP contribution is 2.46. The summed E-state index contributed by atoms with van der Waals surface area (Å²) in [6.07, 6.45) is 0. The Bertz CT molecular complexity index is 3410. The van der Waals surface area contributed by atoms with Crippen LogP contribution in [0.15, 0.2) is 206 Å². The minimum atomic E-state index is 0.950. The number of para-hydroxylation sites is 1. The lowest BCUT2D eigenvalue weighted by atomic mass is 9.83. The van der Waals surface area contributed by atoms with Crippen LogP contribution in [-0.4, -0.2) is 4.57 Å². The molecule has 0 saturated heterocycles. The minimum Gasteiger partial charge on any atom is -0.341 e. The van der Waals surface area contributed by atoms with Crippen molar-refractivity contribution >= 4 is 43.4 Å². The first-order valence-corrected chi connectivity index (χ1v) is 21.5. The van der Waals surface area contributed by atoms with Crippen LogP contribution in [0, 0.1) is 13.8 Å². The molecule has 61 heavy (non-hydrogen) atoms. The lowest BCUT2D eigenvalue weighted by Crippen LogP contribution is -1.93. The maximum absolute atomic E-state index is 2.42. The molecule has 1 nitrogen and oxygen atoms in total. The van der Waals surface area contributed by atoms with Gasteiger partial charge in [-0.15, -0.1) is 0 Å². The van der Waals surface area contributed by atoms with E-state index in [0.29, 0.717) is 0 Å². The molecule has 1 heteroatoms. The minimum absolute atomic E-state index is 0.950. The van der Waals surface area contributed by atoms with Crippen molar-refractivity contribution in [2.24, 2.45) is 0 Å². The molecule has 1 heterocycles. The van der Waals surface area contributed by atoms with Crippen molar-refractivity contribution in [3.05, 3.63) is 217 Å². The van der Waals surface area contributed by atoms with Crippen LogP contribution in [0.2, 0.25) is 0 Å². The van der Waals surface area contributed by atoms with Gasteiger partial charge in [-0.1, -0.05) is 187 Å². The molecule has 0 aliphatic carbocycles. The van der Waals surface area contributed by atoms with Crippen LogP contribution in [0.25, 0.3) is 110 Å². The molecule has 0 N–H and O–H groups in total. The van der Waals surface area contributed by atoms with Crippen LogP contribution >= 0.6 is 0 Å². The van der Waals surface area contributed by atoms with E-state index in [1.54, 1.807) is 0 Å². The third-order valence-corrected chi connectivity index (χ3v) is 12.8. The highest BCUT2D eigenvalue weighted by Gasteiger charge is 2.19. The summed E-state index contributed by atoms with van der Waals surface area (Å²) >= 11 is 0. The summed E-state index contributed by atoms with van der Waals surface area (Å²) in [7, 11) is 0. The summed E-state index contributed by atoms with van der Waals surface area (Å²) in [6.45, 7) is 7.47. The Morgan fingerprint density at radius 1 is 0.279 bits per heavy atom. The van der Waals surface area contributed by atoms with Crippen molar-refractivity contribution in [1.82, 2.24) is 4.57 Å². The van der Waals surface area contributed by atoms with E-state index in [0.717, 1.165) is 6.54 Å². The number of benzene rings is 10. The third kappa shape index (κ3) is 6.42. The molecule has 10 aromatic carbocycles. The Morgan fingerprint density at radius 3 is 1.15 bits per heavy atom. The molecule has 0 amide bonds. The van der Waals surface area contributed by atoms with Crippen molar-refractivity contribution < 1.29 is 0 Å². The zero-order valence-corrected chi connectivity index (χ0v) is 34.8. The van der Waals surface area contributed by atoms with Gasteiger partial charge in [0.25, 0.3) is 0 Å². The predicted molar refractivity (Wildman–Crippen MR) is 262 cm³/mol. The molecule has 0 fully saturated rings. The average molecular weight is 780 g/mol. The second-order valence-corrected chi connectivity index (χ2v) is 16.5. The first-order valence-electron chi connectivity index (χ1n) is 21.5. The van der Waals surface area contributed by atoms with E-state index in [1.165, 1.54) is 121 Å². The smallest absolute Gasteiger partial charge is 0.0491 e. The van der Waals surface area contributed by atoms with Crippen molar-refractivity contribution in [3.8, 4) is 66.8 Å². The van der Waals surface area contributed by atoms with Gasteiger partial charge >= 0.3 is 0 Å². The van der Waals surface area contributed by atoms with E-state index in [4.69, 9.17) is 0 Å². The Kier molecular flexibility index (Phi) is 8.98. The number of rotatable bonds is 7. The van der Waals surface area contributed by atoms with E-state index >= 15 is 0 Å². The van der Waals surface area contributed by atoms with E-state index in [9.17, 15) is 0 Å². The van der Waals surface area contributed by atoms with Crippen molar-refractivity contribution in [2.75, 3.05) is 0 Å². The van der Waals surface area contributed by atoms with Gasteiger partial charge in [0, 0.05) is 28.4 Å². The fourth-order valence-corrected chi connectivity index (χ4v) is 9.56. The molecule has 1 aromatic heterocycles. The van der Waals surface area contributed by atoms with Gasteiger partial charge in [-0.2, -0.15) is 0 Å². The van der Waals surface area contributed by atoms with E-state index in [2.05, 4.69) is 232 Å². The SMILES string of the molecule is CCn1c2ccccc2c2cc(-c3ccc(-c4ccc(-c5c6ccc(-c7ccc(C)cc7)cc6c(-c6ccccc6)c6ccc(-c7ccc(C)cc7)cc56)cc4)cc3)ccc21. The Morgan fingerprint density at radius 2 is 0.639 bits per heavy atom. The molecule has 11 aromatic rings. The molecule has 0 atom stereocenters. The first kappa shape index (κ1) is 36.6. The molecule has 0 aliphatic rings. The lowest BCUT2D eigenvalue weighted by Gasteiger charge is -2.20. The zero-order chi connectivity index (χ0) is 41.0. The summed E-state index contributed by atoms with van der Waals surface area (Å²) in [5, 5.41) is 7.63. The second kappa shape index (κ2) is 15.0. The number of hydrogen-bond donors (Lipinski definition) is 0. The fraction of sp³-hybridized carbons (Fsp3) is 0.0667. The lowest BCUT2D eigenvalue weighted by molar-refractivity contribution is 0.827. The molecule has 0 bridgehead atoms. The van der Waals surface area contributed by atoms with Crippen LogP contribution in [0.1, 0.15) is 18.1 Å². The number of aromatic nitrogens is 1. The van der Waals surface area contributed by atoms with Gasteiger partial charge in [-0.25, -0.2) is 0 Å². The number of fused-ring (bicyclic) bond motifs is 5. The summed E-state index contributed by atoms with van der Waals surface area (Å²) in [4.78, 5) is 0. The molecule has 0 aliphatic heterocycles. The summed E-state index contributed by atoms with van der Waals surface area (Å²) in [6, 6.07) is 76.8. The van der Waals surface area contributed by atoms with Gasteiger partial charge in [0.05, 0.1) is 0 Å². The number of nitrogens with zero attached hydrogens (tertiary/aromatic N) is 1. The van der Waals surface area contributed by atoms with Crippen molar-refractivity contribution in [3.63, 3.8) is 0 Å². The normalized spacial score (nSPS) is 11.6. The van der Waals surface area contributed by atoms with Crippen LogP contribution in [-0.2, 0) is 6.54 Å². The van der Waals surface area contributed by atoms with Gasteiger partial charge < -0.3 is 4.57 Å². The Balaban J connectivity index is 1.04. The van der Waals surface area contributed by atoms with Gasteiger partial charge in [0.1, 0.15) is 0 Å². The fourth-order valence-electron chi connectivity index (χ4n) is 9.56. The van der Waals surface area contributed by atoms with Gasteiger partial charge in [0.15, 0.2) is 0 Å². The number of aryl methyl sites for hydroxylation is 3. The summed E-state index contributed by atoms with van der Waals surface area (Å²) < 4.78 is 2.41. The topological polar surface area (TPSA) is 4.93 Å².